The summed E-state index contributed by atoms with van der Waals surface area (Å²) >= 11 is 5.93. The van der Waals surface area contributed by atoms with Crippen LogP contribution < -0.4 is 0 Å². The zero-order valence-electron chi connectivity index (χ0n) is 8.87. The van der Waals surface area contributed by atoms with Gasteiger partial charge >= 0.3 is 0 Å². The average Bonchev–Trinajstić information content (AvgIpc) is 1.92. The molecule has 86 valence electrons. The third-order valence-corrected chi connectivity index (χ3v) is 2.18. The minimum Gasteiger partial charge on any atom is -0.506 e. The normalized spacial score (nSPS) is 9.33. The van der Waals surface area contributed by atoms with Crippen molar-refractivity contribution in [1.29, 1.82) is 0 Å². The molecule has 0 radical (unpaired) electrons. The molecule has 0 atom stereocenters. The molecule has 5 heteroatoms. The fourth-order valence-electron chi connectivity index (χ4n) is 1.10. The van der Waals surface area contributed by atoms with Crippen LogP contribution in [-0.4, -0.2) is 5.11 Å². The SMILES string of the molecule is CC(C)(C)c1cccc(O)c1Cl.Cl.Cl.[Ti]. The van der Waals surface area contributed by atoms with Crippen LogP contribution in [0.25, 0.3) is 0 Å². The molecule has 1 aromatic rings. The molecule has 0 spiro atoms. The van der Waals surface area contributed by atoms with Crippen molar-refractivity contribution in [1.82, 2.24) is 0 Å². The third-order valence-electron chi connectivity index (χ3n) is 1.79. The van der Waals surface area contributed by atoms with Crippen LogP contribution in [0.15, 0.2) is 18.2 Å². The predicted octanol–water partition coefficient (Wildman–Crippen LogP) is 4.18. The molecule has 0 bridgehead atoms. The van der Waals surface area contributed by atoms with Crippen LogP contribution in [0.4, 0.5) is 0 Å². The smallest absolute Gasteiger partial charge is 0.134 e. The molecule has 15 heavy (non-hydrogen) atoms. The molecule has 0 aliphatic rings. The Hall–Kier alpha value is 0.604. The topological polar surface area (TPSA) is 20.2 Å². The van der Waals surface area contributed by atoms with Crippen LogP contribution in [0, 0.1) is 0 Å². The first-order valence-corrected chi connectivity index (χ1v) is 4.28. The van der Waals surface area contributed by atoms with E-state index in [2.05, 4.69) is 20.8 Å². The minimum atomic E-state index is -0.0180. The largest absolute Gasteiger partial charge is 0.506 e. The Morgan fingerprint density at radius 2 is 1.60 bits per heavy atom. The molecule has 0 saturated carbocycles. The number of phenols is 1. The van der Waals surface area contributed by atoms with E-state index < -0.39 is 0 Å². The Labute approximate surface area is 123 Å². The van der Waals surface area contributed by atoms with E-state index in [1.54, 1.807) is 6.07 Å². The monoisotopic (exact) mass is 304 g/mol. The van der Waals surface area contributed by atoms with Crippen LogP contribution >= 0.6 is 36.4 Å². The number of halogens is 3. The van der Waals surface area contributed by atoms with Gasteiger partial charge in [-0.3, -0.25) is 0 Å². The van der Waals surface area contributed by atoms with Gasteiger partial charge in [0, 0.05) is 21.7 Å². The van der Waals surface area contributed by atoms with Gasteiger partial charge in [-0.15, -0.1) is 24.8 Å². The van der Waals surface area contributed by atoms with E-state index in [1.807, 2.05) is 12.1 Å². The quantitative estimate of drug-likeness (QED) is 0.713. The first-order chi connectivity index (χ1) is 5.43. The van der Waals surface area contributed by atoms with Crippen molar-refractivity contribution < 1.29 is 26.8 Å². The summed E-state index contributed by atoms with van der Waals surface area (Å²) in [6.45, 7) is 6.19. The molecule has 0 fully saturated rings. The molecule has 1 nitrogen and oxygen atoms in total. The number of benzene rings is 1. The standard InChI is InChI=1S/C10H13ClO.2ClH.Ti/c1-10(2,3)7-5-4-6-8(12)9(7)11;;;/h4-6,12H,1-3H3;2*1H;. The van der Waals surface area contributed by atoms with Crippen molar-refractivity contribution in [2.24, 2.45) is 0 Å². The van der Waals surface area contributed by atoms with Crippen molar-refractivity contribution >= 4 is 36.4 Å². The van der Waals surface area contributed by atoms with Gasteiger partial charge in [-0.1, -0.05) is 44.5 Å². The molecule has 0 unspecified atom stereocenters. The second kappa shape index (κ2) is 7.81. The minimum absolute atomic E-state index is 0. The van der Waals surface area contributed by atoms with Gasteiger partial charge in [0.15, 0.2) is 0 Å². The molecule has 0 aliphatic heterocycles. The van der Waals surface area contributed by atoms with Crippen LogP contribution in [0.5, 0.6) is 5.75 Å². The fourth-order valence-corrected chi connectivity index (χ4v) is 1.51. The van der Waals surface area contributed by atoms with Gasteiger partial charge in [-0.25, -0.2) is 0 Å². The van der Waals surface area contributed by atoms with Crippen molar-refractivity contribution in [2.75, 3.05) is 0 Å². The summed E-state index contributed by atoms with van der Waals surface area (Å²) in [5, 5.41) is 9.79. The van der Waals surface area contributed by atoms with E-state index in [1.165, 1.54) is 0 Å². The Morgan fingerprint density at radius 1 is 1.13 bits per heavy atom. The zero-order valence-corrected chi connectivity index (χ0v) is 12.8. The summed E-state index contributed by atoms with van der Waals surface area (Å²) in [7, 11) is 0. The van der Waals surface area contributed by atoms with E-state index in [0.29, 0.717) is 5.02 Å². The van der Waals surface area contributed by atoms with Crippen molar-refractivity contribution in [3.05, 3.63) is 28.8 Å². The number of hydrogen-bond acceptors (Lipinski definition) is 1. The van der Waals surface area contributed by atoms with Gasteiger partial charge in [0.2, 0.25) is 0 Å². The van der Waals surface area contributed by atoms with E-state index in [9.17, 15) is 5.11 Å². The molecular weight excluding hydrogens is 290 g/mol. The molecule has 0 aliphatic carbocycles. The summed E-state index contributed by atoms with van der Waals surface area (Å²) in [4.78, 5) is 0. The van der Waals surface area contributed by atoms with Crippen LogP contribution in [-0.2, 0) is 27.1 Å². The van der Waals surface area contributed by atoms with Gasteiger partial charge < -0.3 is 5.11 Å². The number of hydrogen-bond donors (Lipinski definition) is 1. The maximum Gasteiger partial charge on any atom is 0.134 e. The summed E-state index contributed by atoms with van der Waals surface area (Å²) in [6.07, 6.45) is 0. The first-order valence-electron chi connectivity index (χ1n) is 3.91. The zero-order chi connectivity index (χ0) is 9.35. The predicted molar refractivity (Wildman–Crippen MR) is 66.3 cm³/mol. The summed E-state index contributed by atoms with van der Waals surface area (Å²) < 4.78 is 0. The summed E-state index contributed by atoms with van der Waals surface area (Å²) in [5.41, 5.74) is 0.958. The van der Waals surface area contributed by atoms with E-state index in [4.69, 9.17) is 11.6 Å². The third kappa shape index (κ3) is 5.47. The van der Waals surface area contributed by atoms with E-state index in [0.717, 1.165) is 5.56 Å². The molecule has 1 aromatic carbocycles. The Morgan fingerprint density at radius 3 is 1.93 bits per heavy atom. The average molecular weight is 305 g/mol. The fraction of sp³-hybridized carbons (Fsp3) is 0.400. The van der Waals surface area contributed by atoms with Gasteiger partial charge in [-0.2, -0.15) is 0 Å². The van der Waals surface area contributed by atoms with Gasteiger partial charge in [0.05, 0.1) is 5.02 Å². The molecular formula is C10H15Cl3OTi. The Kier molecular flexibility index (Phi) is 10.9. The van der Waals surface area contributed by atoms with E-state index in [-0.39, 0.29) is 57.7 Å². The molecule has 1 rings (SSSR count). The Bertz CT molecular complexity index is 297. The number of rotatable bonds is 0. The van der Waals surface area contributed by atoms with E-state index >= 15 is 0 Å². The summed E-state index contributed by atoms with van der Waals surface area (Å²) in [6, 6.07) is 5.33. The Balaban J connectivity index is -0.000000480. The van der Waals surface area contributed by atoms with Crippen molar-refractivity contribution in [3.63, 3.8) is 0 Å². The van der Waals surface area contributed by atoms with Gasteiger partial charge in [0.25, 0.3) is 0 Å². The first kappa shape index (κ1) is 20.9. The second-order valence-electron chi connectivity index (χ2n) is 3.89. The second-order valence-corrected chi connectivity index (χ2v) is 4.27. The van der Waals surface area contributed by atoms with Crippen molar-refractivity contribution in [2.45, 2.75) is 26.2 Å². The van der Waals surface area contributed by atoms with Crippen LogP contribution in [0.1, 0.15) is 26.3 Å². The van der Waals surface area contributed by atoms with Gasteiger partial charge in [-0.05, 0) is 17.0 Å². The maximum absolute atomic E-state index is 9.33. The molecule has 0 amide bonds. The summed E-state index contributed by atoms with van der Waals surface area (Å²) in [5.74, 6) is 0.157. The number of phenolic OH excluding ortho intramolecular Hbond substituents is 1. The molecule has 0 aromatic heterocycles. The van der Waals surface area contributed by atoms with Gasteiger partial charge in [0.1, 0.15) is 5.75 Å². The van der Waals surface area contributed by atoms with Crippen LogP contribution in [0.2, 0.25) is 5.02 Å². The molecule has 0 heterocycles. The van der Waals surface area contributed by atoms with Crippen LogP contribution in [0.3, 0.4) is 0 Å². The maximum atomic E-state index is 9.33. The number of aromatic hydroxyl groups is 1. The van der Waals surface area contributed by atoms with Crippen molar-refractivity contribution in [3.8, 4) is 5.75 Å². The molecule has 0 saturated heterocycles. The molecule has 1 N–H and O–H groups in total.